The van der Waals surface area contributed by atoms with Crippen LogP contribution in [0.4, 0.5) is 0 Å². The third-order valence-corrected chi connectivity index (χ3v) is 6.24. The van der Waals surface area contributed by atoms with Gasteiger partial charge in [0.1, 0.15) is 11.8 Å². The number of methoxy groups -OCH3 is 1. The number of rotatable bonds is 12. The Morgan fingerprint density at radius 3 is 2.29 bits per heavy atom. The van der Waals surface area contributed by atoms with E-state index >= 15 is 0 Å². The summed E-state index contributed by atoms with van der Waals surface area (Å²) in [5.41, 5.74) is 0.972. The highest BCUT2D eigenvalue weighted by molar-refractivity contribution is 7.99. The topological polar surface area (TPSA) is 58.6 Å². The molecule has 2 aromatic rings. The van der Waals surface area contributed by atoms with Crippen molar-refractivity contribution in [2.24, 2.45) is 0 Å². The van der Waals surface area contributed by atoms with E-state index in [-0.39, 0.29) is 17.9 Å². The smallest absolute Gasteiger partial charge is 0.243 e. The Morgan fingerprint density at radius 2 is 1.71 bits per heavy atom. The molecule has 0 spiro atoms. The van der Waals surface area contributed by atoms with Crippen LogP contribution in [0.5, 0.6) is 5.75 Å². The summed E-state index contributed by atoms with van der Waals surface area (Å²) >= 11 is 1.65. The van der Waals surface area contributed by atoms with Gasteiger partial charge in [-0.05, 0) is 49.6 Å². The van der Waals surface area contributed by atoms with Gasteiger partial charge in [0.2, 0.25) is 11.8 Å². The van der Waals surface area contributed by atoms with Crippen LogP contribution in [0, 0.1) is 0 Å². The van der Waals surface area contributed by atoms with Crippen molar-refractivity contribution >= 4 is 23.6 Å². The monoisotopic (exact) mass is 442 g/mol. The molecule has 0 aliphatic heterocycles. The highest BCUT2D eigenvalue weighted by Gasteiger charge is 2.29. The fourth-order valence-corrected chi connectivity index (χ4v) is 4.07. The normalized spacial score (nSPS) is 12.6. The molecule has 2 atom stereocenters. The first-order valence-electron chi connectivity index (χ1n) is 10.9. The molecule has 0 fully saturated rings. The van der Waals surface area contributed by atoms with Crippen molar-refractivity contribution in [3.63, 3.8) is 0 Å². The van der Waals surface area contributed by atoms with Gasteiger partial charge >= 0.3 is 0 Å². The largest absolute Gasteiger partial charge is 0.497 e. The van der Waals surface area contributed by atoms with Crippen LogP contribution in [0.25, 0.3) is 0 Å². The van der Waals surface area contributed by atoms with E-state index in [4.69, 9.17) is 4.74 Å². The molecule has 0 heterocycles. The van der Waals surface area contributed by atoms with Crippen molar-refractivity contribution in [1.82, 2.24) is 10.2 Å². The van der Waals surface area contributed by atoms with Crippen molar-refractivity contribution in [2.45, 2.75) is 63.6 Å². The summed E-state index contributed by atoms with van der Waals surface area (Å²) in [4.78, 5) is 29.0. The lowest BCUT2D eigenvalue weighted by molar-refractivity contribution is -0.141. The summed E-state index contributed by atoms with van der Waals surface area (Å²) in [7, 11) is 1.63. The molecule has 0 saturated heterocycles. The van der Waals surface area contributed by atoms with Crippen LogP contribution >= 0.6 is 11.8 Å². The molecule has 2 rings (SSSR count). The SMILES string of the molecule is CCC(C)NC(=O)C(CC)N(Cc1ccc(OC)cc1)C(=O)CCSc1ccccc1. The van der Waals surface area contributed by atoms with Gasteiger partial charge in [-0.15, -0.1) is 11.8 Å². The van der Waals surface area contributed by atoms with Crippen molar-refractivity contribution in [3.8, 4) is 5.75 Å². The van der Waals surface area contributed by atoms with Gasteiger partial charge < -0.3 is 15.0 Å². The summed E-state index contributed by atoms with van der Waals surface area (Å²) in [6.07, 6.45) is 1.79. The van der Waals surface area contributed by atoms with E-state index in [1.165, 1.54) is 0 Å². The summed E-state index contributed by atoms with van der Waals surface area (Å²) in [6.45, 7) is 6.36. The number of hydrogen-bond acceptors (Lipinski definition) is 4. The maximum Gasteiger partial charge on any atom is 0.243 e. The molecule has 0 aliphatic rings. The Hall–Kier alpha value is -2.47. The van der Waals surface area contributed by atoms with Crippen LogP contribution in [-0.2, 0) is 16.1 Å². The van der Waals surface area contributed by atoms with Crippen LogP contribution < -0.4 is 10.1 Å². The average molecular weight is 443 g/mol. The molecule has 6 heteroatoms. The molecule has 31 heavy (non-hydrogen) atoms. The lowest BCUT2D eigenvalue weighted by Crippen LogP contribution is -2.50. The Labute approximate surface area is 190 Å². The minimum Gasteiger partial charge on any atom is -0.497 e. The quantitative estimate of drug-likeness (QED) is 0.475. The predicted molar refractivity (Wildman–Crippen MR) is 127 cm³/mol. The summed E-state index contributed by atoms with van der Waals surface area (Å²) in [5, 5.41) is 3.04. The highest BCUT2D eigenvalue weighted by Crippen LogP contribution is 2.21. The average Bonchev–Trinajstić information content (AvgIpc) is 2.79. The number of carbonyl (C=O) groups is 2. The van der Waals surface area contributed by atoms with Crippen LogP contribution in [0.1, 0.15) is 45.6 Å². The number of ether oxygens (including phenoxy) is 1. The summed E-state index contributed by atoms with van der Waals surface area (Å²) in [5.74, 6) is 1.34. The first kappa shape index (κ1) is 24.8. The molecular formula is C25H34N2O3S. The van der Waals surface area contributed by atoms with E-state index in [0.717, 1.165) is 22.6 Å². The summed E-state index contributed by atoms with van der Waals surface area (Å²) in [6, 6.07) is 17.3. The zero-order valence-corrected chi connectivity index (χ0v) is 19.8. The van der Waals surface area contributed by atoms with Gasteiger partial charge in [-0.1, -0.05) is 44.2 Å². The standard InChI is InChI=1S/C25H34N2O3S/c1-5-19(3)26-25(29)23(6-2)27(18-20-12-14-21(30-4)15-13-20)24(28)16-17-31-22-10-8-7-9-11-22/h7-15,19,23H,5-6,16-18H2,1-4H3,(H,26,29). The number of hydrogen-bond donors (Lipinski definition) is 1. The van der Waals surface area contributed by atoms with E-state index in [1.807, 2.05) is 75.4 Å². The highest BCUT2D eigenvalue weighted by atomic mass is 32.2. The number of nitrogens with zero attached hydrogens (tertiary/aromatic N) is 1. The fraction of sp³-hybridized carbons (Fsp3) is 0.440. The second kappa shape index (κ2) is 13.1. The third-order valence-electron chi connectivity index (χ3n) is 5.23. The zero-order chi connectivity index (χ0) is 22.6. The molecule has 5 nitrogen and oxygen atoms in total. The number of nitrogens with one attached hydrogen (secondary N) is 1. The maximum absolute atomic E-state index is 13.2. The molecule has 0 aliphatic carbocycles. The lowest BCUT2D eigenvalue weighted by Gasteiger charge is -2.31. The van der Waals surface area contributed by atoms with Gasteiger partial charge in [0, 0.05) is 29.7 Å². The Morgan fingerprint density at radius 1 is 1.03 bits per heavy atom. The van der Waals surface area contributed by atoms with Crippen LogP contribution in [-0.4, -0.2) is 41.7 Å². The molecular weight excluding hydrogens is 408 g/mol. The minimum absolute atomic E-state index is 0.00889. The summed E-state index contributed by atoms with van der Waals surface area (Å²) < 4.78 is 5.23. The van der Waals surface area contributed by atoms with E-state index in [0.29, 0.717) is 25.1 Å². The number of amides is 2. The van der Waals surface area contributed by atoms with E-state index in [1.54, 1.807) is 23.8 Å². The van der Waals surface area contributed by atoms with Gasteiger partial charge in [-0.2, -0.15) is 0 Å². The molecule has 0 radical (unpaired) electrons. The fourth-order valence-electron chi connectivity index (χ4n) is 3.20. The molecule has 2 amide bonds. The van der Waals surface area contributed by atoms with Crippen LogP contribution in [0.3, 0.4) is 0 Å². The van der Waals surface area contributed by atoms with Crippen LogP contribution in [0.2, 0.25) is 0 Å². The molecule has 0 aromatic heterocycles. The maximum atomic E-state index is 13.2. The number of carbonyl (C=O) groups excluding carboxylic acids is 2. The third kappa shape index (κ3) is 7.94. The van der Waals surface area contributed by atoms with E-state index in [2.05, 4.69) is 5.32 Å². The molecule has 0 bridgehead atoms. The molecule has 2 aromatic carbocycles. The lowest BCUT2D eigenvalue weighted by atomic mass is 10.1. The molecule has 1 N–H and O–H groups in total. The van der Waals surface area contributed by atoms with Crippen LogP contribution in [0.15, 0.2) is 59.5 Å². The first-order chi connectivity index (χ1) is 15.0. The van der Waals surface area contributed by atoms with Crippen molar-refractivity contribution < 1.29 is 14.3 Å². The van der Waals surface area contributed by atoms with E-state index in [9.17, 15) is 9.59 Å². The van der Waals surface area contributed by atoms with Crippen molar-refractivity contribution in [3.05, 3.63) is 60.2 Å². The number of benzene rings is 2. The molecule has 2 unspecified atom stereocenters. The zero-order valence-electron chi connectivity index (χ0n) is 19.0. The second-order valence-corrected chi connectivity index (χ2v) is 8.69. The first-order valence-corrected chi connectivity index (χ1v) is 11.9. The van der Waals surface area contributed by atoms with Gasteiger partial charge in [0.05, 0.1) is 7.11 Å². The predicted octanol–water partition coefficient (Wildman–Crippen LogP) is 4.90. The van der Waals surface area contributed by atoms with E-state index < -0.39 is 6.04 Å². The van der Waals surface area contributed by atoms with Gasteiger partial charge in [0.15, 0.2) is 0 Å². The Kier molecular flexibility index (Phi) is 10.4. The minimum atomic E-state index is -0.495. The van der Waals surface area contributed by atoms with Gasteiger partial charge in [0.25, 0.3) is 0 Å². The van der Waals surface area contributed by atoms with Crippen molar-refractivity contribution in [1.29, 1.82) is 0 Å². The molecule has 0 saturated carbocycles. The molecule has 168 valence electrons. The van der Waals surface area contributed by atoms with Gasteiger partial charge in [-0.3, -0.25) is 9.59 Å². The Bertz CT molecular complexity index is 811. The van der Waals surface area contributed by atoms with Crippen molar-refractivity contribution in [2.75, 3.05) is 12.9 Å². The number of thioether (sulfide) groups is 1. The second-order valence-electron chi connectivity index (χ2n) is 7.52. The Balaban J connectivity index is 2.13. The van der Waals surface area contributed by atoms with Gasteiger partial charge in [-0.25, -0.2) is 0 Å².